The van der Waals surface area contributed by atoms with Crippen LogP contribution in [0.3, 0.4) is 0 Å². The van der Waals surface area contributed by atoms with Crippen LogP contribution < -0.4 is 10.2 Å². The number of hydrogen-bond acceptors (Lipinski definition) is 12. The van der Waals surface area contributed by atoms with Gasteiger partial charge in [0.1, 0.15) is 35.6 Å². The zero-order valence-corrected chi connectivity index (χ0v) is 17.7. The second-order valence-corrected chi connectivity index (χ2v) is 7.25. The van der Waals surface area contributed by atoms with Gasteiger partial charge in [0.2, 0.25) is 5.43 Å². The molecule has 0 unspecified atom stereocenters. The highest BCUT2D eigenvalue weighted by Gasteiger charge is 2.42. The standard InChI is InChI=1S/C14H8ClNO5.C6H12O6/c1-19-14(18)21-11-4-2-3-10-13(11)16-8-5-7(15)9(17)6-12(8)20-10;7-1-2-3(8)4(9)5(10)6(11)12-2/h2-6H,1H3;2-11H,1H2/t;2-,3+,4+,5-,6-/m.1/s1. The van der Waals surface area contributed by atoms with Crippen LogP contribution in [-0.4, -0.2) is 81.1 Å². The van der Waals surface area contributed by atoms with Gasteiger partial charge in [-0.3, -0.25) is 4.79 Å². The molecule has 12 nitrogen and oxygen atoms in total. The quantitative estimate of drug-likeness (QED) is 0.184. The van der Waals surface area contributed by atoms with E-state index in [2.05, 4.69) is 14.5 Å². The van der Waals surface area contributed by atoms with Gasteiger partial charge in [-0.1, -0.05) is 17.7 Å². The van der Waals surface area contributed by atoms with E-state index < -0.39 is 43.5 Å². The summed E-state index contributed by atoms with van der Waals surface area (Å²) in [7, 11) is 1.20. The van der Waals surface area contributed by atoms with Gasteiger partial charge in [0, 0.05) is 6.07 Å². The Morgan fingerprint density at radius 3 is 2.55 bits per heavy atom. The number of aliphatic hydroxyl groups is 5. The minimum absolute atomic E-state index is 0.0379. The maximum absolute atomic E-state index is 11.5. The minimum Gasteiger partial charge on any atom is -0.453 e. The van der Waals surface area contributed by atoms with Crippen LogP contribution in [0.4, 0.5) is 4.79 Å². The fourth-order valence-electron chi connectivity index (χ4n) is 2.92. The molecule has 2 heterocycles. The first kappa shape index (κ1) is 24.8. The molecular formula is C20H20ClNO11. The predicted molar refractivity (Wildman–Crippen MR) is 111 cm³/mol. The zero-order valence-electron chi connectivity index (χ0n) is 17.0. The van der Waals surface area contributed by atoms with Crippen LogP contribution >= 0.6 is 11.6 Å². The summed E-state index contributed by atoms with van der Waals surface area (Å²) in [6, 6.07) is 7.49. The number of aromatic nitrogens is 1. The summed E-state index contributed by atoms with van der Waals surface area (Å²) in [5, 5.41) is 44.7. The minimum atomic E-state index is -1.57. The Bertz CT molecular complexity index is 1150. The van der Waals surface area contributed by atoms with Crippen LogP contribution in [0.1, 0.15) is 0 Å². The number of aliphatic hydroxyl groups excluding tert-OH is 5. The number of para-hydroxylation sites is 1. The van der Waals surface area contributed by atoms with Crippen molar-refractivity contribution >= 4 is 28.9 Å². The molecule has 33 heavy (non-hydrogen) atoms. The van der Waals surface area contributed by atoms with Crippen molar-refractivity contribution in [3.63, 3.8) is 0 Å². The van der Waals surface area contributed by atoms with E-state index in [1.165, 1.54) is 19.2 Å². The number of hydrogen-bond donors (Lipinski definition) is 5. The van der Waals surface area contributed by atoms with Crippen LogP contribution in [0.25, 0.3) is 22.6 Å². The lowest BCUT2D eigenvalue weighted by Gasteiger charge is -2.37. The number of ether oxygens (including phenoxy) is 3. The Kier molecular flexibility index (Phi) is 7.81. The SMILES string of the molecule is COC(=O)Oc1cccc2oc3cc(=O)c(Cl)cc-3nc12.OC[C@H]1O[C@@H](O)[C@H](O)[C@@H](O)[C@H]1O. The average molecular weight is 486 g/mol. The van der Waals surface area contributed by atoms with E-state index in [-0.39, 0.29) is 16.2 Å². The number of halogens is 1. The van der Waals surface area contributed by atoms with Crippen molar-refractivity contribution in [1.29, 1.82) is 0 Å². The van der Waals surface area contributed by atoms with Gasteiger partial charge in [-0.2, -0.15) is 0 Å². The van der Waals surface area contributed by atoms with E-state index in [9.17, 15) is 9.59 Å². The molecule has 0 bridgehead atoms. The Labute approximate surface area is 190 Å². The molecule has 0 radical (unpaired) electrons. The van der Waals surface area contributed by atoms with Gasteiger partial charge < -0.3 is 44.2 Å². The highest BCUT2D eigenvalue weighted by Crippen LogP contribution is 2.30. The smallest absolute Gasteiger partial charge is 0.453 e. The lowest BCUT2D eigenvalue weighted by Crippen LogP contribution is -2.58. The number of fused-ring (bicyclic) bond motifs is 2. The summed E-state index contributed by atoms with van der Waals surface area (Å²) in [5.41, 5.74) is 0.722. The number of benzene rings is 2. The summed E-state index contributed by atoms with van der Waals surface area (Å²) >= 11 is 5.79. The number of nitrogens with zero attached hydrogens (tertiary/aromatic N) is 1. The summed E-state index contributed by atoms with van der Waals surface area (Å²) in [4.78, 5) is 27.1. The zero-order chi connectivity index (χ0) is 24.3. The fraction of sp³-hybridized carbons (Fsp3) is 0.350. The summed E-state index contributed by atoms with van der Waals surface area (Å²) in [6.07, 6.45) is -7.90. The number of methoxy groups -OCH3 is 1. The molecular weight excluding hydrogens is 466 g/mol. The molecule has 0 amide bonds. The van der Waals surface area contributed by atoms with E-state index in [0.29, 0.717) is 22.6 Å². The molecule has 0 spiro atoms. The molecule has 178 valence electrons. The van der Waals surface area contributed by atoms with Crippen LogP contribution in [0.15, 0.2) is 39.5 Å². The largest absolute Gasteiger partial charge is 0.513 e. The van der Waals surface area contributed by atoms with Gasteiger partial charge in [-0.15, -0.1) is 0 Å². The second kappa shape index (κ2) is 10.4. The summed E-state index contributed by atoms with van der Waals surface area (Å²) in [5.74, 6) is 0.486. The molecule has 0 saturated carbocycles. The normalized spacial score (nSPS) is 24.8. The van der Waals surface area contributed by atoms with E-state index in [4.69, 9.17) is 46.3 Å². The highest BCUT2D eigenvalue weighted by atomic mass is 35.5. The molecule has 1 aromatic rings. The lowest BCUT2D eigenvalue weighted by atomic mass is 10.00. The highest BCUT2D eigenvalue weighted by molar-refractivity contribution is 6.30. The molecule has 5 atom stereocenters. The van der Waals surface area contributed by atoms with Crippen LogP contribution in [0.5, 0.6) is 5.75 Å². The molecule has 1 fully saturated rings. The Morgan fingerprint density at radius 1 is 1.15 bits per heavy atom. The first-order valence-electron chi connectivity index (χ1n) is 9.43. The number of carbonyl (C=O) groups excluding carboxylic acids is 1. The molecule has 1 saturated heterocycles. The maximum atomic E-state index is 11.5. The van der Waals surface area contributed by atoms with Crippen molar-refractivity contribution in [1.82, 2.24) is 4.98 Å². The summed E-state index contributed by atoms with van der Waals surface area (Å²) < 4.78 is 19.6. The predicted octanol–water partition coefficient (Wildman–Crippen LogP) is -0.130. The van der Waals surface area contributed by atoms with Crippen molar-refractivity contribution in [3.8, 4) is 17.2 Å². The van der Waals surface area contributed by atoms with Crippen molar-refractivity contribution in [3.05, 3.63) is 45.6 Å². The van der Waals surface area contributed by atoms with Crippen molar-refractivity contribution in [2.24, 2.45) is 0 Å². The molecule has 4 rings (SSSR count). The van der Waals surface area contributed by atoms with Gasteiger partial charge in [0.05, 0.1) is 18.7 Å². The first-order valence-corrected chi connectivity index (χ1v) is 9.81. The van der Waals surface area contributed by atoms with Gasteiger partial charge in [0.25, 0.3) is 0 Å². The van der Waals surface area contributed by atoms with Crippen molar-refractivity contribution < 1.29 is 49.0 Å². The Balaban J connectivity index is 0.000000218. The summed E-state index contributed by atoms with van der Waals surface area (Å²) in [6.45, 7) is -0.526. The average Bonchev–Trinajstić information content (AvgIpc) is 2.80. The van der Waals surface area contributed by atoms with Gasteiger partial charge >= 0.3 is 6.16 Å². The van der Waals surface area contributed by atoms with E-state index in [1.807, 2.05) is 0 Å². The van der Waals surface area contributed by atoms with Gasteiger partial charge in [0.15, 0.2) is 23.4 Å². The third-order valence-corrected chi connectivity index (χ3v) is 4.95. The number of rotatable bonds is 2. The molecule has 2 aliphatic heterocycles. The second-order valence-electron chi connectivity index (χ2n) is 6.84. The molecule has 5 N–H and O–H groups in total. The molecule has 1 aromatic carbocycles. The topological polar surface area (TPSA) is 189 Å². The molecule has 1 aliphatic carbocycles. The molecule has 13 heteroatoms. The fourth-order valence-corrected chi connectivity index (χ4v) is 3.08. The van der Waals surface area contributed by atoms with Crippen molar-refractivity contribution in [2.45, 2.75) is 30.7 Å². The molecule has 3 aliphatic rings. The van der Waals surface area contributed by atoms with Crippen LogP contribution in [0.2, 0.25) is 5.02 Å². The van der Waals surface area contributed by atoms with Gasteiger partial charge in [-0.25, -0.2) is 9.78 Å². The van der Waals surface area contributed by atoms with Gasteiger partial charge in [-0.05, 0) is 18.2 Å². The number of carbonyl (C=O) groups is 1. The first-order chi connectivity index (χ1) is 15.7. The van der Waals surface area contributed by atoms with E-state index >= 15 is 0 Å². The Morgan fingerprint density at radius 2 is 1.88 bits per heavy atom. The van der Waals surface area contributed by atoms with Crippen molar-refractivity contribution in [2.75, 3.05) is 13.7 Å². The van der Waals surface area contributed by atoms with E-state index in [1.54, 1.807) is 18.2 Å². The maximum Gasteiger partial charge on any atom is 0.513 e. The third-order valence-electron chi connectivity index (χ3n) is 4.65. The Hall–Kier alpha value is -2.84. The molecule has 0 aromatic heterocycles. The van der Waals surface area contributed by atoms with Crippen LogP contribution in [0, 0.1) is 0 Å². The van der Waals surface area contributed by atoms with Crippen LogP contribution in [-0.2, 0) is 9.47 Å². The van der Waals surface area contributed by atoms with E-state index in [0.717, 1.165) is 0 Å². The third kappa shape index (κ3) is 5.39. The lowest BCUT2D eigenvalue weighted by molar-refractivity contribution is -0.286. The monoisotopic (exact) mass is 485 g/mol.